The first-order valence-electron chi connectivity index (χ1n) is 5.75. The van der Waals surface area contributed by atoms with Crippen molar-refractivity contribution in [2.24, 2.45) is 0 Å². The summed E-state index contributed by atoms with van der Waals surface area (Å²) in [4.78, 5) is 11.4. The molecule has 0 unspecified atom stereocenters. The number of carbonyl (C=O) groups is 1. The first-order valence-corrected chi connectivity index (χ1v) is 5.75. The highest BCUT2D eigenvalue weighted by atomic mass is 16.5. The molecule has 0 bridgehead atoms. The lowest BCUT2D eigenvalue weighted by Gasteiger charge is -2.10. The molecule has 17 heavy (non-hydrogen) atoms. The number of amides is 1. The van der Waals surface area contributed by atoms with Gasteiger partial charge in [0, 0.05) is 6.54 Å². The normalized spacial score (nSPS) is 10.4. The van der Waals surface area contributed by atoms with Crippen LogP contribution in [0.25, 0.3) is 0 Å². The van der Waals surface area contributed by atoms with Crippen molar-refractivity contribution in [3.63, 3.8) is 0 Å². The van der Waals surface area contributed by atoms with E-state index in [1.54, 1.807) is 0 Å². The molecule has 94 valence electrons. The van der Waals surface area contributed by atoms with Crippen LogP contribution in [0.15, 0.2) is 24.3 Å². The van der Waals surface area contributed by atoms with Gasteiger partial charge in [-0.25, -0.2) is 0 Å². The lowest BCUT2D eigenvalue weighted by molar-refractivity contribution is -0.120. The average Bonchev–Trinajstić information content (AvgIpc) is 2.26. The fourth-order valence-corrected chi connectivity index (χ4v) is 1.44. The van der Waals surface area contributed by atoms with E-state index in [1.807, 2.05) is 38.1 Å². The van der Waals surface area contributed by atoms with Crippen molar-refractivity contribution >= 4 is 5.91 Å². The molecule has 0 radical (unpaired) electrons. The molecule has 1 amide bonds. The number of hydrogen-bond donors (Lipinski definition) is 2. The van der Waals surface area contributed by atoms with Crippen molar-refractivity contribution in [1.82, 2.24) is 5.32 Å². The van der Waals surface area contributed by atoms with Crippen molar-refractivity contribution in [3.05, 3.63) is 29.8 Å². The van der Waals surface area contributed by atoms with Gasteiger partial charge in [-0.3, -0.25) is 4.79 Å². The van der Waals surface area contributed by atoms with Crippen LogP contribution >= 0.6 is 0 Å². The van der Waals surface area contributed by atoms with E-state index in [0.717, 1.165) is 11.3 Å². The lowest BCUT2D eigenvalue weighted by Crippen LogP contribution is -2.27. The smallest absolute Gasteiger partial charge is 0.224 e. The number of aliphatic hydroxyl groups is 1. The number of nitrogens with one attached hydrogen (secondary N) is 1. The van der Waals surface area contributed by atoms with Gasteiger partial charge in [0.1, 0.15) is 5.75 Å². The Morgan fingerprint density at radius 2 is 2.24 bits per heavy atom. The van der Waals surface area contributed by atoms with E-state index in [9.17, 15) is 4.79 Å². The third kappa shape index (κ3) is 5.36. The molecule has 1 rings (SSSR count). The third-order valence-corrected chi connectivity index (χ3v) is 2.07. The highest BCUT2D eigenvalue weighted by molar-refractivity contribution is 5.78. The van der Waals surface area contributed by atoms with E-state index in [-0.39, 0.29) is 18.6 Å². The molecule has 0 aliphatic heterocycles. The van der Waals surface area contributed by atoms with E-state index in [2.05, 4.69) is 5.32 Å². The summed E-state index contributed by atoms with van der Waals surface area (Å²) in [5.74, 6) is 0.674. The maximum Gasteiger partial charge on any atom is 0.224 e. The molecule has 0 fully saturated rings. The quantitative estimate of drug-likeness (QED) is 0.779. The zero-order chi connectivity index (χ0) is 12.7. The van der Waals surface area contributed by atoms with Crippen LogP contribution in [-0.4, -0.2) is 30.3 Å². The lowest BCUT2D eigenvalue weighted by atomic mass is 10.1. The second kappa shape index (κ2) is 6.91. The molecular formula is C13H19NO3. The highest BCUT2D eigenvalue weighted by Crippen LogP contribution is 2.15. The first-order chi connectivity index (χ1) is 8.11. The van der Waals surface area contributed by atoms with Gasteiger partial charge in [0.15, 0.2) is 0 Å². The van der Waals surface area contributed by atoms with Crippen molar-refractivity contribution in [3.8, 4) is 5.75 Å². The van der Waals surface area contributed by atoms with Gasteiger partial charge in [-0.05, 0) is 31.5 Å². The summed E-state index contributed by atoms with van der Waals surface area (Å²) in [6, 6.07) is 7.48. The molecule has 0 saturated heterocycles. The van der Waals surface area contributed by atoms with Gasteiger partial charge in [-0.1, -0.05) is 12.1 Å². The Morgan fingerprint density at radius 1 is 1.47 bits per heavy atom. The average molecular weight is 237 g/mol. The molecule has 2 N–H and O–H groups in total. The number of rotatable bonds is 6. The molecule has 1 aromatic carbocycles. The van der Waals surface area contributed by atoms with Gasteiger partial charge in [0.25, 0.3) is 0 Å². The van der Waals surface area contributed by atoms with Crippen molar-refractivity contribution in [2.75, 3.05) is 13.2 Å². The van der Waals surface area contributed by atoms with Gasteiger partial charge in [0.2, 0.25) is 5.91 Å². The van der Waals surface area contributed by atoms with Gasteiger partial charge >= 0.3 is 0 Å². The van der Waals surface area contributed by atoms with Crippen LogP contribution in [0, 0.1) is 0 Å². The topological polar surface area (TPSA) is 58.6 Å². The van der Waals surface area contributed by atoms with Gasteiger partial charge in [-0.2, -0.15) is 0 Å². The summed E-state index contributed by atoms with van der Waals surface area (Å²) in [5.41, 5.74) is 0.901. The molecular weight excluding hydrogens is 218 g/mol. The number of hydrogen-bond acceptors (Lipinski definition) is 3. The molecule has 0 aromatic heterocycles. The van der Waals surface area contributed by atoms with E-state index in [4.69, 9.17) is 9.84 Å². The Kier molecular flexibility index (Phi) is 5.49. The summed E-state index contributed by atoms with van der Waals surface area (Å²) < 4.78 is 5.55. The van der Waals surface area contributed by atoms with Crippen LogP contribution in [0.4, 0.5) is 0 Å². The Bertz CT molecular complexity index is 363. The predicted octanol–water partition coefficient (Wildman–Crippen LogP) is 1.12. The molecule has 0 aliphatic rings. The Labute approximate surface area is 102 Å². The Balaban J connectivity index is 2.56. The minimum atomic E-state index is -0.0965. The van der Waals surface area contributed by atoms with Crippen LogP contribution in [0.1, 0.15) is 19.4 Å². The van der Waals surface area contributed by atoms with E-state index in [1.165, 1.54) is 0 Å². The van der Waals surface area contributed by atoms with Crippen LogP contribution in [0.2, 0.25) is 0 Å². The fourth-order valence-electron chi connectivity index (χ4n) is 1.44. The maximum atomic E-state index is 11.4. The van der Waals surface area contributed by atoms with Crippen molar-refractivity contribution in [1.29, 1.82) is 0 Å². The Morgan fingerprint density at radius 3 is 2.88 bits per heavy atom. The molecule has 0 saturated carbocycles. The zero-order valence-electron chi connectivity index (χ0n) is 10.3. The minimum absolute atomic E-state index is 0.0394. The maximum absolute atomic E-state index is 11.4. The summed E-state index contributed by atoms with van der Waals surface area (Å²) in [5, 5.41) is 11.2. The monoisotopic (exact) mass is 237 g/mol. The van der Waals surface area contributed by atoms with Crippen molar-refractivity contribution < 1.29 is 14.6 Å². The van der Waals surface area contributed by atoms with Crippen molar-refractivity contribution in [2.45, 2.75) is 26.4 Å². The first kappa shape index (κ1) is 13.5. The van der Waals surface area contributed by atoms with Crippen LogP contribution in [-0.2, 0) is 11.2 Å². The number of carbonyl (C=O) groups excluding carboxylic acids is 1. The van der Waals surface area contributed by atoms with Crippen LogP contribution < -0.4 is 10.1 Å². The summed E-state index contributed by atoms with van der Waals surface area (Å²) in [7, 11) is 0. The molecule has 0 aliphatic carbocycles. The third-order valence-electron chi connectivity index (χ3n) is 2.07. The molecule has 0 heterocycles. The van der Waals surface area contributed by atoms with E-state index in [0.29, 0.717) is 13.0 Å². The second-order valence-corrected chi connectivity index (χ2v) is 4.06. The van der Waals surface area contributed by atoms with Gasteiger partial charge in [0.05, 0.1) is 19.1 Å². The molecule has 4 nitrogen and oxygen atoms in total. The van der Waals surface area contributed by atoms with E-state index < -0.39 is 0 Å². The second-order valence-electron chi connectivity index (χ2n) is 4.06. The largest absolute Gasteiger partial charge is 0.491 e. The standard InChI is InChI=1S/C13H19NO3/c1-10(2)17-12-5-3-4-11(8-12)9-13(16)14-6-7-15/h3-5,8,10,15H,6-7,9H2,1-2H3,(H,14,16). The van der Waals surface area contributed by atoms with Crippen LogP contribution in [0.5, 0.6) is 5.75 Å². The molecule has 1 aromatic rings. The summed E-state index contributed by atoms with van der Waals surface area (Å²) in [6.45, 7) is 4.17. The predicted molar refractivity (Wildman–Crippen MR) is 66.0 cm³/mol. The zero-order valence-corrected chi connectivity index (χ0v) is 10.3. The molecule has 0 spiro atoms. The van der Waals surface area contributed by atoms with E-state index >= 15 is 0 Å². The fraction of sp³-hybridized carbons (Fsp3) is 0.462. The minimum Gasteiger partial charge on any atom is -0.491 e. The SMILES string of the molecule is CC(C)Oc1cccc(CC(=O)NCCO)c1. The summed E-state index contributed by atoms with van der Waals surface area (Å²) >= 11 is 0. The van der Waals surface area contributed by atoms with Crippen LogP contribution in [0.3, 0.4) is 0 Å². The number of aliphatic hydroxyl groups excluding tert-OH is 1. The van der Waals surface area contributed by atoms with Gasteiger partial charge in [-0.15, -0.1) is 0 Å². The molecule has 4 heteroatoms. The molecule has 0 atom stereocenters. The highest BCUT2D eigenvalue weighted by Gasteiger charge is 2.04. The summed E-state index contributed by atoms with van der Waals surface area (Å²) in [6.07, 6.45) is 0.420. The van der Waals surface area contributed by atoms with Gasteiger partial charge < -0.3 is 15.2 Å². The Hall–Kier alpha value is -1.55. The number of ether oxygens (including phenoxy) is 1. The number of benzene rings is 1.